The summed E-state index contributed by atoms with van der Waals surface area (Å²) in [7, 11) is 0. The zero-order valence-corrected chi connectivity index (χ0v) is 8.96. The van der Waals surface area contributed by atoms with Gasteiger partial charge in [-0.3, -0.25) is 9.59 Å². The number of nitrogens with zero attached hydrogens (tertiary/aromatic N) is 1. The van der Waals surface area contributed by atoms with Crippen LogP contribution in [-0.2, 0) is 4.79 Å². The van der Waals surface area contributed by atoms with Gasteiger partial charge in [0.2, 0.25) is 5.91 Å². The lowest BCUT2D eigenvalue weighted by molar-refractivity contribution is -0.157. The van der Waals surface area contributed by atoms with Crippen molar-refractivity contribution in [1.82, 2.24) is 4.90 Å². The van der Waals surface area contributed by atoms with Crippen molar-refractivity contribution in [3.05, 3.63) is 35.9 Å². The normalized spacial score (nSPS) is 21.5. The molecule has 4 nitrogen and oxygen atoms in total. The number of β-lactam (4-membered cyclic amide) rings is 1. The Bertz CT molecular complexity index is 414. The number of benzene rings is 1. The summed E-state index contributed by atoms with van der Waals surface area (Å²) in [5, 5.41) is 9.36. The van der Waals surface area contributed by atoms with Crippen LogP contribution >= 0.6 is 0 Å². The molecule has 2 unspecified atom stereocenters. The molecule has 0 aromatic heterocycles. The number of carbonyl (C=O) groups excluding carboxylic acids is 2. The Hall–Kier alpha value is -1.68. The molecule has 1 amide bonds. The molecule has 0 spiro atoms. The monoisotopic (exact) mass is 219 g/mol. The zero-order chi connectivity index (χ0) is 11.7. The average molecular weight is 219 g/mol. The second-order valence-corrected chi connectivity index (χ2v) is 3.88. The molecule has 1 aromatic rings. The van der Waals surface area contributed by atoms with E-state index in [1.807, 2.05) is 6.07 Å². The van der Waals surface area contributed by atoms with Crippen molar-refractivity contribution in [2.75, 3.05) is 0 Å². The first-order valence-electron chi connectivity index (χ1n) is 5.19. The lowest BCUT2D eigenvalue weighted by atomic mass is 9.93. The number of carbonyl (C=O) groups is 2. The number of hydrogen-bond donors (Lipinski definition) is 1. The Morgan fingerprint density at radius 3 is 2.56 bits per heavy atom. The molecule has 0 bridgehead atoms. The fourth-order valence-corrected chi connectivity index (χ4v) is 1.91. The van der Waals surface area contributed by atoms with Gasteiger partial charge in [-0.1, -0.05) is 30.3 Å². The Balaban J connectivity index is 2.16. The van der Waals surface area contributed by atoms with Gasteiger partial charge in [-0.2, -0.15) is 0 Å². The summed E-state index contributed by atoms with van der Waals surface area (Å²) in [5.74, 6) is -0.287. The molecule has 0 saturated carbocycles. The lowest BCUT2D eigenvalue weighted by Gasteiger charge is -2.41. The molecule has 1 heterocycles. The Morgan fingerprint density at radius 1 is 1.44 bits per heavy atom. The highest BCUT2D eigenvalue weighted by Crippen LogP contribution is 2.24. The van der Waals surface area contributed by atoms with Crippen LogP contribution < -0.4 is 0 Å². The highest BCUT2D eigenvalue weighted by Gasteiger charge is 2.43. The number of likely N-dealkylation sites (tertiary alicyclic amines) is 1. The minimum Gasteiger partial charge on any atom is -0.374 e. The average Bonchev–Trinajstić information content (AvgIpc) is 2.25. The van der Waals surface area contributed by atoms with E-state index in [0.29, 0.717) is 5.56 Å². The topological polar surface area (TPSA) is 57.6 Å². The molecule has 4 heteroatoms. The predicted molar refractivity (Wildman–Crippen MR) is 57.7 cm³/mol. The first kappa shape index (κ1) is 10.8. The van der Waals surface area contributed by atoms with Crippen LogP contribution in [0.4, 0.5) is 0 Å². The highest BCUT2D eigenvalue weighted by molar-refractivity contribution is 6.07. The van der Waals surface area contributed by atoms with E-state index in [-0.39, 0.29) is 18.1 Å². The quantitative estimate of drug-likeness (QED) is 0.604. The number of amides is 1. The maximum Gasteiger partial charge on any atom is 0.227 e. The summed E-state index contributed by atoms with van der Waals surface area (Å²) in [5.41, 5.74) is 0.575. The van der Waals surface area contributed by atoms with Crippen molar-refractivity contribution < 1.29 is 14.7 Å². The van der Waals surface area contributed by atoms with Crippen LogP contribution in [-0.4, -0.2) is 34.0 Å². The van der Waals surface area contributed by atoms with E-state index < -0.39 is 12.3 Å². The van der Waals surface area contributed by atoms with Crippen molar-refractivity contribution in [3.8, 4) is 0 Å². The molecule has 84 valence electrons. The molecule has 0 aliphatic carbocycles. The smallest absolute Gasteiger partial charge is 0.227 e. The van der Waals surface area contributed by atoms with Gasteiger partial charge in [0.25, 0.3) is 0 Å². The maximum absolute atomic E-state index is 12.0. The number of ketones is 1. The molecule has 16 heavy (non-hydrogen) atoms. The van der Waals surface area contributed by atoms with Gasteiger partial charge >= 0.3 is 0 Å². The second kappa shape index (κ2) is 4.06. The summed E-state index contributed by atoms with van der Waals surface area (Å²) in [6.45, 7) is 1.49. The molecule has 0 radical (unpaired) electrons. The third-order valence-electron chi connectivity index (χ3n) is 2.76. The summed E-state index contributed by atoms with van der Waals surface area (Å²) in [6.07, 6.45) is -0.711. The molecular formula is C12H13NO3. The Labute approximate surface area is 93.5 Å². The molecule has 1 N–H and O–H groups in total. The summed E-state index contributed by atoms with van der Waals surface area (Å²) >= 11 is 0. The van der Waals surface area contributed by atoms with Gasteiger partial charge in [-0.05, 0) is 6.92 Å². The third kappa shape index (κ3) is 1.72. The zero-order valence-electron chi connectivity index (χ0n) is 8.96. The third-order valence-corrected chi connectivity index (χ3v) is 2.76. The van der Waals surface area contributed by atoms with Gasteiger partial charge in [0, 0.05) is 5.56 Å². The van der Waals surface area contributed by atoms with E-state index in [1.54, 1.807) is 24.3 Å². The van der Waals surface area contributed by atoms with Crippen molar-refractivity contribution in [2.45, 2.75) is 25.6 Å². The minimum atomic E-state index is -0.904. The first-order chi connectivity index (χ1) is 7.61. The lowest BCUT2D eigenvalue weighted by Crippen LogP contribution is -2.60. The maximum atomic E-state index is 12.0. The largest absolute Gasteiger partial charge is 0.374 e. The van der Waals surface area contributed by atoms with Crippen molar-refractivity contribution >= 4 is 11.7 Å². The summed E-state index contributed by atoms with van der Waals surface area (Å²) in [4.78, 5) is 24.4. The molecule has 1 saturated heterocycles. The van der Waals surface area contributed by atoms with Crippen LogP contribution in [0.2, 0.25) is 0 Å². The number of Topliss-reactive ketones (excluding diaryl/α,β-unsaturated/α-hetero) is 1. The first-order valence-corrected chi connectivity index (χ1v) is 5.19. The highest BCUT2D eigenvalue weighted by atomic mass is 16.3. The van der Waals surface area contributed by atoms with Crippen molar-refractivity contribution in [2.24, 2.45) is 0 Å². The van der Waals surface area contributed by atoms with Crippen LogP contribution in [0.15, 0.2) is 30.3 Å². The van der Waals surface area contributed by atoms with E-state index in [2.05, 4.69) is 0 Å². The van der Waals surface area contributed by atoms with Crippen LogP contribution in [0, 0.1) is 0 Å². The molecule has 2 atom stereocenters. The molecule has 1 aromatic carbocycles. The number of rotatable bonds is 3. The summed E-state index contributed by atoms with van der Waals surface area (Å²) in [6, 6.07) is 8.31. The molecule has 1 aliphatic rings. The fraction of sp³-hybridized carbons (Fsp3) is 0.333. The van der Waals surface area contributed by atoms with E-state index in [4.69, 9.17) is 0 Å². The van der Waals surface area contributed by atoms with E-state index in [9.17, 15) is 14.7 Å². The number of hydrogen-bond acceptors (Lipinski definition) is 3. The number of aliphatic hydroxyl groups excluding tert-OH is 1. The van der Waals surface area contributed by atoms with Crippen LogP contribution in [0.1, 0.15) is 23.7 Å². The summed E-state index contributed by atoms with van der Waals surface area (Å²) < 4.78 is 0. The molecule has 2 rings (SSSR count). The minimum absolute atomic E-state index is 0.110. The van der Waals surface area contributed by atoms with E-state index in [0.717, 1.165) is 0 Å². The standard InChI is InChI=1S/C12H13NO3/c1-8(14)13-10(7-11(13)15)12(16)9-5-3-2-4-6-9/h2-6,8,10,14H,7H2,1H3. The van der Waals surface area contributed by atoms with Gasteiger partial charge in [0.1, 0.15) is 12.3 Å². The van der Waals surface area contributed by atoms with Crippen LogP contribution in [0.3, 0.4) is 0 Å². The van der Waals surface area contributed by atoms with Crippen molar-refractivity contribution in [1.29, 1.82) is 0 Å². The van der Waals surface area contributed by atoms with Crippen LogP contribution in [0.25, 0.3) is 0 Å². The fourth-order valence-electron chi connectivity index (χ4n) is 1.91. The molecular weight excluding hydrogens is 206 g/mol. The van der Waals surface area contributed by atoms with Crippen molar-refractivity contribution in [3.63, 3.8) is 0 Å². The van der Waals surface area contributed by atoms with Gasteiger partial charge in [-0.15, -0.1) is 0 Å². The van der Waals surface area contributed by atoms with Gasteiger partial charge in [-0.25, -0.2) is 0 Å². The van der Waals surface area contributed by atoms with Gasteiger partial charge in [0.05, 0.1) is 6.42 Å². The van der Waals surface area contributed by atoms with Gasteiger partial charge < -0.3 is 10.0 Å². The van der Waals surface area contributed by atoms with Crippen LogP contribution in [0.5, 0.6) is 0 Å². The predicted octanol–water partition coefficient (Wildman–Crippen LogP) is 0.808. The Morgan fingerprint density at radius 2 is 2.06 bits per heavy atom. The second-order valence-electron chi connectivity index (χ2n) is 3.88. The van der Waals surface area contributed by atoms with E-state index in [1.165, 1.54) is 11.8 Å². The molecule has 1 fully saturated rings. The number of aliphatic hydroxyl groups is 1. The molecule has 1 aliphatic heterocycles. The van der Waals surface area contributed by atoms with Gasteiger partial charge in [0.15, 0.2) is 5.78 Å². The Kier molecular flexibility index (Phi) is 2.75. The van der Waals surface area contributed by atoms with E-state index >= 15 is 0 Å². The SMILES string of the molecule is CC(O)N1C(=O)CC1C(=O)c1ccccc1.